The highest BCUT2D eigenvalue weighted by atomic mass is 31.2. The van der Waals surface area contributed by atoms with Crippen molar-refractivity contribution in [2.75, 3.05) is 13.2 Å². The van der Waals surface area contributed by atoms with Gasteiger partial charge in [0.25, 0.3) is 0 Å². The third-order valence-electron chi connectivity index (χ3n) is 7.86. The summed E-state index contributed by atoms with van der Waals surface area (Å²) in [6, 6.07) is 35.9. The standard InChI is InChI=1S/2C20H27O4P/c2*1-3-5-12-18(4-2)17-22-25(21,23-19-13-8-6-9-14-19)24-20-15-10-7-11-16-20/h2*6-11,13-16,18H,3-5,12,17H2,1-2H3. The first-order chi connectivity index (χ1) is 24.3. The van der Waals surface area contributed by atoms with Gasteiger partial charge < -0.3 is 18.1 Å². The van der Waals surface area contributed by atoms with E-state index >= 15 is 0 Å². The lowest BCUT2D eigenvalue weighted by Gasteiger charge is -2.21. The van der Waals surface area contributed by atoms with Crippen LogP contribution in [0.1, 0.15) is 79.1 Å². The summed E-state index contributed by atoms with van der Waals surface area (Å²) >= 11 is 0. The molecule has 2 unspecified atom stereocenters. The Bertz CT molecular complexity index is 1320. The molecule has 0 radical (unpaired) electrons. The molecule has 4 rings (SSSR count). The topological polar surface area (TPSA) is 89.5 Å². The molecule has 0 saturated heterocycles. The molecule has 0 aliphatic heterocycles. The Morgan fingerprint density at radius 1 is 0.440 bits per heavy atom. The Labute approximate surface area is 299 Å². The van der Waals surface area contributed by atoms with Gasteiger partial charge in [0.15, 0.2) is 0 Å². The summed E-state index contributed by atoms with van der Waals surface area (Å²) in [6.07, 6.45) is 8.56. The average molecular weight is 725 g/mol. The summed E-state index contributed by atoms with van der Waals surface area (Å²) in [6.45, 7) is 9.27. The molecule has 0 saturated carbocycles. The van der Waals surface area contributed by atoms with Gasteiger partial charge in [-0.15, -0.1) is 0 Å². The van der Waals surface area contributed by atoms with E-state index in [9.17, 15) is 9.13 Å². The van der Waals surface area contributed by atoms with Crippen molar-refractivity contribution < 1.29 is 36.3 Å². The fraction of sp³-hybridized carbons (Fsp3) is 0.400. The van der Waals surface area contributed by atoms with E-state index in [0.29, 0.717) is 48.0 Å². The number of unbranched alkanes of at least 4 members (excludes halogenated alkanes) is 2. The average Bonchev–Trinajstić information content (AvgIpc) is 3.14. The highest BCUT2D eigenvalue weighted by molar-refractivity contribution is 7.49. The number of benzene rings is 4. The van der Waals surface area contributed by atoms with Gasteiger partial charge in [0.2, 0.25) is 0 Å². The van der Waals surface area contributed by atoms with E-state index < -0.39 is 15.6 Å². The van der Waals surface area contributed by atoms with Gasteiger partial charge in [0, 0.05) is 0 Å². The lowest BCUT2D eigenvalue weighted by molar-refractivity contribution is 0.170. The molecule has 0 spiro atoms. The fourth-order valence-electron chi connectivity index (χ4n) is 4.77. The number of hydrogen-bond donors (Lipinski definition) is 0. The SMILES string of the molecule is CCCCC(CC)COP(=O)(Oc1ccccc1)Oc1ccccc1.CCCCC(CC)COP(=O)(Oc1ccccc1)Oc1ccccc1. The quantitative estimate of drug-likeness (QED) is 0.0740. The van der Waals surface area contributed by atoms with Crippen LogP contribution in [0, 0.1) is 11.8 Å². The van der Waals surface area contributed by atoms with Gasteiger partial charge in [-0.25, -0.2) is 9.13 Å². The lowest BCUT2D eigenvalue weighted by atomic mass is 10.0. The number of phosphoric acid groups is 2. The van der Waals surface area contributed by atoms with E-state index in [4.69, 9.17) is 27.1 Å². The number of hydrogen-bond acceptors (Lipinski definition) is 8. The van der Waals surface area contributed by atoms with Gasteiger partial charge in [0.05, 0.1) is 13.2 Å². The smallest absolute Gasteiger partial charge is 0.395 e. The van der Waals surface area contributed by atoms with Crippen LogP contribution in [0.2, 0.25) is 0 Å². The molecule has 0 N–H and O–H groups in total. The predicted molar refractivity (Wildman–Crippen MR) is 202 cm³/mol. The molecule has 10 heteroatoms. The van der Waals surface area contributed by atoms with Crippen molar-refractivity contribution in [3.63, 3.8) is 0 Å². The Morgan fingerprint density at radius 2 is 0.700 bits per heavy atom. The van der Waals surface area contributed by atoms with Gasteiger partial charge in [-0.2, -0.15) is 0 Å². The van der Waals surface area contributed by atoms with Crippen molar-refractivity contribution in [1.29, 1.82) is 0 Å². The zero-order valence-electron chi connectivity index (χ0n) is 29.9. The van der Waals surface area contributed by atoms with E-state index in [0.717, 1.165) is 51.4 Å². The van der Waals surface area contributed by atoms with Crippen LogP contribution in [-0.4, -0.2) is 13.2 Å². The van der Waals surface area contributed by atoms with Crippen molar-refractivity contribution in [1.82, 2.24) is 0 Å². The largest absolute Gasteiger partial charge is 0.587 e. The summed E-state index contributed by atoms with van der Waals surface area (Å²) in [7, 11) is -7.52. The minimum Gasteiger partial charge on any atom is -0.395 e. The summed E-state index contributed by atoms with van der Waals surface area (Å²) in [5.74, 6) is 2.53. The van der Waals surface area contributed by atoms with Crippen LogP contribution in [0.4, 0.5) is 0 Å². The molecule has 272 valence electrons. The molecule has 0 aromatic heterocycles. The zero-order valence-corrected chi connectivity index (χ0v) is 31.7. The van der Waals surface area contributed by atoms with Crippen molar-refractivity contribution >= 4 is 15.6 Å². The summed E-state index contributed by atoms with van der Waals surface area (Å²) in [5, 5.41) is 0. The van der Waals surface area contributed by atoms with Crippen molar-refractivity contribution in [3.05, 3.63) is 121 Å². The fourth-order valence-corrected chi connectivity index (χ4v) is 7.37. The first-order valence-corrected chi connectivity index (χ1v) is 20.7. The lowest BCUT2D eigenvalue weighted by Crippen LogP contribution is -2.12. The molecular formula is C40H54O8P2. The van der Waals surface area contributed by atoms with E-state index in [2.05, 4.69) is 27.7 Å². The van der Waals surface area contributed by atoms with Crippen molar-refractivity contribution in [3.8, 4) is 23.0 Å². The monoisotopic (exact) mass is 724 g/mol. The highest BCUT2D eigenvalue weighted by Crippen LogP contribution is 2.51. The van der Waals surface area contributed by atoms with Crippen LogP contribution in [0.3, 0.4) is 0 Å². The molecule has 4 aromatic carbocycles. The van der Waals surface area contributed by atoms with Gasteiger partial charge in [-0.3, -0.25) is 9.05 Å². The highest BCUT2D eigenvalue weighted by Gasteiger charge is 2.33. The second-order valence-corrected chi connectivity index (χ2v) is 15.0. The maximum absolute atomic E-state index is 13.2. The second kappa shape index (κ2) is 23.0. The molecular weight excluding hydrogens is 670 g/mol. The molecule has 0 heterocycles. The van der Waals surface area contributed by atoms with E-state index in [1.54, 1.807) is 48.5 Å². The Morgan fingerprint density at radius 3 is 0.920 bits per heavy atom. The van der Waals surface area contributed by atoms with Gasteiger partial charge >= 0.3 is 15.6 Å². The summed E-state index contributed by atoms with van der Waals surface area (Å²) in [4.78, 5) is 0. The van der Waals surface area contributed by atoms with Gasteiger partial charge in [0.1, 0.15) is 23.0 Å². The van der Waals surface area contributed by atoms with Gasteiger partial charge in [-0.1, -0.05) is 139 Å². The molecule has 4 aromatic rings. The first kappa shape index (κ1) is 40.9. The zero-order chi connectivity index (χ0) is 35.9. The van der Waals surface area contributed by atoms with Crippen LogP contribution in [0.25, 0.3) is 0 Å². The number of para-hydroxylation sites is 4. The summed E-state index contributed by atoms with van der Waals surface area (Å²) in [5.41, 5.74) is 0. The second-order valence-electron chi connectivity index (χ2n) is 11.9. The molecule has 0 fully saturated rings. The van der Waals surface area contributed by atoms with Crippen molar-refractivity contribution in [2.24, 2.45) is 11.8 Å². The molecule has 0 aliphatic carbocycles. The third-order valence-corrected chi connectivity index (χ3v) is 10.5. The Kier molecular flexibility index (Phi) is 18.8. The van der Waals surface area contributed by atoms with Crippen LogP contribution in [0.5, 0.6) is 23.0 Å². The summed E-state index contributed by atoms with van der Waals surface area (Å²) < 4.78 is 60.2. The number of rotatable bonds is 22. The maximum atomic E-state index is 13.2. The van der Waals surface area contributed by atoms with Crippen LogP contribution in [-0.2, 0) is 18.2 Å². The Balaban J connectivity index is 0.000000270. The van der Waals surface area contributed by atoms with E-state index in [1.807, 2.05) is 72.8 Å². The van der Waals surface area contributed by atoms with Gasteiger partial charge in [-0.05, 0) is 73.2 Å². The Hall–Kier alpha value is -3.54. The minimum atomic E-state index is -3.76. The van der Waals surface area contributed by atoms with E-state index in [1.165, 1.54) is 0 Å². The molecule has 8 nitrogen and oxygen atoms in total. The molecule has 50 heavy (non-hydrogen) atoms. The minimum absolute atomic E-state index is 0.340. The van der Waals surface area contributed by atoms with Crippen molar-refractivity contribution in [2.45, 2.75) is 79.1 Å². The van der Waals surface area contributed by atoms with E-state index in [-0.39, 0.29) is 0 Å². The molecule has 2 atom stereocenters. The molecule has 0 amide bonds. The first-order valence-electron chi connectivity index (χ1n) is 17.8. The van der Waals surface area contributed by atoms with Crippen LogP contribution in [0.15, 0.2) is 121 Å². The molecule has 0 bridgehead atoms. The van der Waals surface area contributed by atoms with Crippen LogP contribution < -0.4 is 18.1 Å². The van der Waals surface area contributed by atoms with Crippen LogP contribution >= 0.6 is 15.6 Å². The molecule has 0 aliphatic rings. The third kappa shape index (κ3) is 16.0. The maximum Gasteiger partial charge on any atom is 0.587 e. The normalized spacial score (nSPS) is 12.6. The number of phosphoric ester groups is 2. The predicted octanol–water partition coefficient (Wildman–Crippen LogP) is 13.0.